The Balaban J connectivity index is 1.99. The molecular formula is C11H15IO2. The molecule has 1 atom stereocenters. The fourth-order valence-corrected chi connectivity index (χ4v) is 4.66. The van der Waals surface area contributed by atoms with Gasteiger partial charge >= 0.3 is 5.97 Å². The normalized spacial score (nSPS) is 36.6. The summed E-state index contributed by atoms with van der Waals surface area (Å²) in [6, 6.07) is 0. The molecule has 2 saturated carbocycles. The zero-order valence-corrected chi connectivity index (χ0v) is 10.4. The number of hydrogen-bond donors (Lipinski definition) is 0. The van der Waals surface area contributed by atoms with Crippen molar-refractivity contribution in [3.8, 4) is 0 Å². The number of ether oxygens (including phenoxy) is 1. The van der Waals surface area contributed by atoms with Gasteiger partial charge in [-0.2, -0.15) is 0 Å². The minimum Gasteiger partial charge on any atom is -0.460 e. The van der Waals surface area contributed by atoms with Crippen LogP contribution in [0.3, 0.4) is 0 Å². The van der Waals surface area contributed by atoms with E-state index in [4.69, 9.17) is 4.74 Å². The molecule has 78 valence electrons. The number of carbonyl (C=O) groups is 1. The minimum absolute atomic E-state index is 0.0267. The average Bonchev–Trinajstić information content (AvgIpc) is 2.31. The maximum absolute atomic E-state index is 11.9. The lowest BCUT2D eigenvalue weighted by Crippen LogP contribution is -2.54. The van der Waals surface area contributed by atoms with E-state index in [-0.39, 0.29) is 22.9 Å². The van der Waals surface area contributed by atoms with Crippen LogP contribution in [0.15, 0.2) is 0 Å². The number of esters is 1. The first kappa shape index (κ1) is 9.43. The number of halogens is 1. The van der Waals surface area contributed by atoms with Crippen LogP contribution in [-0.2, 0) is 9.53 Å². The Bertz CT molecular complexity index is 279. The molecule has 1 unspecified atom stereocenters. The fourth-order valence-electron chi connectivity index (χ4n) is 3.64. The van der Waals surface area contributed by atoms with Crippen LogP contribution in [0.1, 0.15) is 38.5 Å². The summed E-state index contributed by atoms with van der Waals surface area (Å²) in [4.78, 5) is 11.9. The molecule has 0 bridgehead atoms. The van der Waals surface area contributed by atoms with Gasteiger partial charge in [-0.3, -0.25) is 4.79 Å². The average molecular weight is 306 g/mol. The lowest BCUT2D eigenvalue weighted by Gasteiger charge is -2.54. The second kappa shape index (κ2) is 2.86. The summed E-state index contributed by atoms with van der Waals surface area (Å²) < 4.78 is 6.56. The first-order valence-electron chi connectivity index (χ1n) is 5.52. The summed E-state index contributed by atoms with van der Waals surface area (Å²) in [5.41, 5.74) is 0.241. The van der Waals surface area contributed by atoms with Crippen LogP contribution < -0.4 is 0 Å². The van der Waals surface area contributed by atoms with E-state index in [1.54, 1.807) is 0 Å². The molecule has 0 radical (unpaired) electrons. The van der Waals surface area contributed by atoms with Crippen LogP contribution in [0, 0.1) is 10.8 Å². The van der Waals surface area contributed by atoms with Gasteiger partial charge in [0.15, 0.2) is 0 Å². The monoisotopic (exact) mass is 306 g/mol. The zero-order valence-electron chi connectivity index (χ0n) is 8.22. The predicted octanol–water partition coefficient (Wildman–Crippen LogP) is 2.69. The molecule has 3 aliphatic rings. The van der Waals surface area contributed by atoms with Crippen molar-refractivity contribution in [3.05, 3.63) is 0 Å². The first-order valence-corrected chi connectivity index (χ1v) is 7.05. The number of carbonyl (C=O) groups excluding carboxylic acids is 1. The molecule has 1 heterocycles. The Kier molecular flexibility index (Phi) is 1.93. The van der Waals surface area contributed by atoms with Crippen molar-refractivity contribution in [3.63, 3.8) is 0 Å². The second-order valence-electron chi connectivity index (χ2n) is 4.99. The quantitative estimate of drug-likeness (QED) is 0.423. The summed E-state index contributed by atoms with van der Waals surface area (Å²) in [5, 5.41) is 0. The summed E-state index contributed by atoms with van der Waals surface area (Å²) in [6.07, 6.45) is 7.40. The molecule has 0 N–H and O–H groups in total. The van der Waals surface area contributed by atoms with E-state index in [0.29, 0.717) is 0 Å². The Morgan fingerprint density at radius 3 is 2.29 bits per heavy atom. The number of cyclic esters (lactones) is 1. The number of hydrogen-bond acceptors (Lipinski definition) is 2. The van der Waals surface area contributed by atoms with E-state index in [2.05, 4.69) is 22.6 Å². The highest BCUT2D eigenvalue weighted by molar-refractivity contribution is 14.1. The third-order valence-electron chi connectivity index (χ3n) is 4.80. The topological polar surface area (TPSA) is 26.3 Å². The van der Waals surface area contributed by atoms with Crippen molar-refractivity contribution in [1.82, 2.24) is 0 Å². The maximum atomic E-state index is 11.9. The largest absolute Gasteiger partial charge is 0.460 e. The van der Waals surface area contributed by atoms with Crippen molar-refractivity contribution in [2.45, 2.75) is 44.6 Å². The molecule has 0 aromatic rings. The van der Waals surface area contributed by atoms with Gasteiger partial charge in [0.25, 0.3) is 0 Å². The van der Waals surface area contributed by atoms with Crippen LogP contribution in [0.25, 0.3) is 0 Å². The Labute approximate surface area is 97.9 Å². The van der Waals surface area contributed by atoms with Gasteiger partial charge in [0.05, 0.1) is 5.41 Å². The SMILES string of the molecule is O=C1OC(CI)C2(CCC2)C12CCC2. The molecule has 2 spiro atoms. The van der Waals surface area contributed by atoms with Gasteiger partial charge < -0.3 is 4.74 Å². The van der Waals surface area contributed by atoms with Gasteiger partial charge in [-0.15, -0.1) is 0 Å². The molecule has 2 nitrogen and oxygen atoms in total. The van der Waals surface area contributed by atoms with Gasteiger partial charge in [0, 0.05) is 9.84 Å². The third-order valence-corrected chi connectivity index (χ3v) is 5.60. The summed E-state index contributed by atoms with van der Waals surface area (Å²) in [7, 11) is 0. The van der Waals surface area contributed by atoms with Crippen molar-refractivity contribution in [1.29, 1.82) is 0 Å². The Hall–Kier alpha value is 0.200. The van der Waals surface area contributed by atoms with Crippen LogP contribution in [-0.4, -0.2) is 16.5 Å². The van der Waals surface area contributed by atoms with Gasteiger partial charge in [-0.1, -0.05) is 35.4 Å². The van der Waals surface area contributed by atoms with E-state index in [9.17, 15) is 4.79 Å². The number of rotatable bonds is 1. The summed E-state index contributed by atoms with van der Waals surface area (Å²) >= 11 is 2.36. The highest BCUT2D eigenvalue weighted by Gasteiger charge is 2.70. The smallest absolute Gasteiger partial charge is 0.313 e. The van der Waals surface area contributed by atoms with E-state index in [1.807, 2.05) is 0 Å². The predicted molar refractivity (Wildman–Crippen MR) is 61.3 cm³/mol. The second-order valence-corrected chi connectivity index (χ2v) is 5.87. The Morgan fingerprint density at radius 1 is 1.29 bits per heavy atom. The molecule has 3 heteroatoms. The molecular weight excluding hydrogens is 291 g/mol. The first-order chi connectivity index (χ1) is 6.75. The lowest BCUT2D eigenvalue weighted by molar-refractivity contribution is -0.155. The maximum Gasteiger partial charge on any atom is 0.313 e. The molecule has 0 amide bonds. The third kappa shape index (κ3) is 0.820. The van der Waals surface area contributed by atoms with Gasteiger partial charge in [0.2, 0.25) is 0 Å². The molecule has 1 aliphatic heterocycles. The highest BCUT2D eigenvalue weighted by atomic mass is 127. The van der Waals surface area contributed by atoms with Gasteiger partial charge in [0.1, 0.15) is 6.10 Å². The van der Waals surface area contributed by atoms with Crippen molar-refractivity contribution >= 4 is 28.6 Å². The van der Waals surface area contributed by atoms with E-state index < -0.39 is 0 Å². The van der Waals surface area contributed by atoms with Crippen LogP contribution in [0.2, 0.25) is 0 Å². The Morgan fingerprint density at radius 2 is 1.93 bits per heavy atom. The van der Waals surface area contributed by atoms with E-state index >= 15 is 0 Å². The van der Waals surface area contributed by atoms with E-state index in [0.717, 1.165) is 17.3 Å². The van der Waals surface area contributed by atoms with Crippen LogP contribution >= 0.6 is 22.6 Å². The van der Waals surface area contributed by atoms with Crippen molar-refractivity contribution in [2.75, 3.05) is 4.43 Å². The highest BCUT2D eigenvalue weighted by Crippen LogP contribution is 2.69. The zero-order chi connectivity index (χ0) is 9.81. The number of fused-ring (bicyclic) bond motifs is 1. The van der Waals surface area contributed by atoms with Gasteiger partial charge in [-0.05, 0) is 25.7 Å². The lowest BCUT2D eigenvalue weighted by atomic mass is 9.45. The standard InChI is InChI=1S/C11H15IO2/c12-7-8-10(3-1-4-10)11(5-2-6-11)9(13)14-8/h8H,1-7H2. The molecule has 14 heavy (non-hydrogen) atoms. The van der Waals surface area contributed by atoms with E-state index in [1.165, 1.54) is 25.7 Å². The molecule has 3 fully saturated rings. The van der Waals surface area contributed by atoms with Crippen LogP contribution in [0.5, 0.6) is 0 Å². The summed E-state index contributed by atoms with van der Waals surface area (Å²) in [5.74, 6) is 0.130. The summed E-state index contributed by atoms with van der Waals surface area (Å²) in [6.45, 7) is 0. The van der Waals surface area contributed by atoms with Crippen LogP contribution in [0.4, 0.5) is 0 Å². The fraction of sp³-hybridized carbons (Fsp3) is 0.909. The molecule has 3 rings (SSSR count). The van der Waals surface area contributed by atoms with Gasteiger partial charge in [-0.25, -0.2) is 0 Å². The molecule has 0 aromatic heterocycles. The molecule has 2 aliphatic carbocycles. The van der Waals surface area contributed by atoms with Crippen molar-refractivity contribution < 1.29 is 9.53 Å². The molecule has 1 saturated heterocycles. The number of alkyl halides is 1. The van der Waals surface area contributed by atoms with Crippen molar-refractivity contribution in [2.24, 2.45) is 10.8 Å². The molecule has 0 aromatic carbocycles. The minimum atomic E-state index is -0.0267.